The van der Waals surface area contributed by atoms with Crippen molar-refractivity contribution in [2.45, 2.75) is 42.2 Å². The summed E-state index contributed by atoms with van der Waals surface area (Å²) in [6.07, 6.45) is 1.38. The summed E-state index contributed by atoms with van der Waals surface area (Å²) in [5, 5.41) is -1.28. The van der Waals surface area contributed by atoms with Crippen molar-refractivity contribution >= 4 is 27.2 Å². The van der Waals surface area contributed by atoms with Crippen molar-refractivity contribution in [1.82, 2.24) is 0 Å². The topological polar surface area (TPSA) is 85.3 Å². The monoisotopic (exact) mass is 320 g/mol. The van der Waals surface area contributed by atoms with Gasteiger partial charge in [0.25, 0.3) is 0 Å². The van der Waals surface area contributed by atoms with Gasteiger partial charge in [0.1, 0.15) is 11.2 Å². The highest BCUT2D eigenvalue weighted by atomic mass is 32.2. The Kier molecular flexibility index (Phi) is 3.72. The third-order valence-electron chi connectivity index (χ3n) is 4.42. The molecule has 0 N–H and O–H groups in total. The molecule has 1 aliphatic heterocycles. The number of ketones is 3. The van der Waals surface area contributed by atoms with Gasteiger partial charge in [-0.2, -0.15) is 0 Å². The lowest BCUT2D eigenvalue weighted by atomic mass is 9.82. The third kappa shape index (κ3) is 2.31. The van der Waals surface area contributed by atoms with E-state index in [1.54, 1.807) is 18.2 Å². The molecule has 6 heteroatoms. The highest BCUT2D eigenvalue weighted by Crippen LogP contribution is 2.32. The number of hydrogen-bond acceptors (Lipinski definition) is 5. The summed E-state index contributed by atoms with van der Waals surface area (Å²) >= 11 is 0. The third-order valence-corrected chi connectivity index (χ3v) is 6.65. The minimum Gasteiger partial charge on any atom is -0.298 e. The molecule has 1 aromatic rings. The van der Waals surface area contributed by atoms with E-state index in [0.717, 1.165) is 0 Å². The van der Waals surface area contributed by atoms with Gasteiger partial charge in [-0.3, -0.25) is 14.4 Å². The Bertz CT molecular complexity index is 746. The van der Waals surface area contributed by atoms with E-state index in [-0.39, 0.29) is 24.2 Å². The Hall–Kier alpha value is -1.82. The molecule has 1 unspecified atom stereocenters. The molecule has 0 amide bonds. The van der Waals surface area contributed by atoms with Gasteiger partial charge in [0, 0.05) is 12.8 Å². The van der Waals surface area contributed by atoms with E-state index in [2.05, 4.69) is 0 Å². The molecule has 116 valence electrons. The molecular formula is C16H16O5S. The Morgan fingerprint density at radius 2 is 1.64 bits per heavy atom. The Morgan fingerprint density at radius 1 is 1.00 bits per heavy atom. The van der Waals surface area contributed by atoms with Gasteiger partial charge in [-0.15, -0.1) is 0 Å². The second-order valence-corrected chi connectivity index (χ2v) is 7.90. The number of fused-ring (bicyclic) bond motifs is 1. The molecule has 2 aliphatic rings. The number of rotatable bonds is 2. The lowest BCUT2D eigenvalue weighted by molar-refractivity contribution is -0.142. The lowest BCUT2D eigenvalue weighted by Crippen LogP contribution is -2.45. The fourth-order valence-electron chi connectivity index (χ4n) is 3.29. The lowest BCUT2D eigenvalue weighted by Gasteiger charge is -2.27. The predicted molar refractivity (Wildman–Crippen MR) is 78.1 cm³/mol. The van der Waals surface area contributed by atoms with Gasteiger partial charge in [-0.05, 0) is 30.9 Å². The average Bonchev–Trinajstić information content (AvgIpc) is 2.47. The van der Waals surface area contributed by atoms with Gasteiger partial charge in [0.2, 0.25) is 0 Å². The first kappa shape index (κ1) is 15.1. The van der Waals surface area contributed by atoms with Crippen LogP contribution in [-0.4, -0.2) is 31.0 Å². The summed E-state index contributed by atoms with van der Waals surface area (Å²) in [6.45, 7) is 0. The highest BCUT2D eigenvalue weighted by Gasteiger charge is 2.46. The first-order chi connectivity index (χ1) is 10.4. The highest BCUT2D eigenvalue weighted by molar-refractivity contribution is 7.93. The molecule has 0 spiro atoms. The molecule has 5 nitrogen and oxygen atoms in total. The van der Waals surface area contributed by atoms with E-state index in [1.807, 2.05) is 0 Å². The molecule has 1 saturated carbocycles. The van der Waals surface area contributed by atoms with Crippen LogP contribution in [0.2, 0.25) is 0 Å². The normalized spacial score (nSPS) is 24.8. The molecule has 1 fully saturated rings. The Morgan fingerprint density at radius 3 is 2.32 bits per heavy atom. The standard InChI is InChI=1S/C16H16O5S/c17-11-5-3-6-12(18)15(11)16(19)14-9-8-10-4-1-2-7-13(10)22(14,20)21/h1-2,4,7,14-15H,3,5-6,8-9H2. The molecule has 22 heavy (non-hydrogen) atoms. The van der Waals surface area contributed by atoms with Crippen LogP contribution in [0.3, 0.4) is 0 Å². The van der Waals surface area contributed by atoms with E-state index in [4.69, 9.17) is 0 Å². The largest absolute Gasteiger partial charge is 0.298 e. The molecule has 3 rings (SSSR count). The fourth-order valence-corrected chi connectivity index (χ4v) is 5.27. The van der Waals surface area contributed by atoms with Crippen LogP contribution < -0.4 is 0 Å². The fraction of sp³-hybridized carbons (Fsp3) is 0.438. The second-order valence-electron chi connectivity index (χ2n) is 5.80. The molecule has 1 atom stereocenters. The minimum absolute atomic E-state index is 0.134. The summed E-state index contributed by atoms with van der Waals surface area (Å²) < 4.78 is 25.3. The van der Waals surface area contributed by atoms with E-state index in [9.17, 15) is 22.8 Å². The Balaban J connectivity index is 1.98. The van der Waals surface area contributed by atoms with Crippen LogP contribution in [0, 0.1) is 5.92 Å². The van der Waals surface area contributed by atoms with Crippen molar-refractivity contribution < 1.29 is 22.8 Å². The number of Topliss-reactive ketones (excluding diaryl/α,β-unsaturated/α-hetero) is 3. The molecule has 0 bridgehead atoms. The van der Waals surface area contributed by atoms with Crippen molar-refractivity contribution in [3.8, 4) is 0 Å². The number of sulfone groups is 1. The molecule has 1 heterocycles. The maximum atomic E-state index is 12.7. The summed E-state index contributed by atoms with van der Waals surface area (Å²) in [5.41, 5.74) is 0.688. The van der Waals surface area contributed by atoms with Gasteiger partial charge >= 0.3 is 0 Å². The van der Waals surface area contributed by atoms with Crippen molar-refractivity contribution in [2.24, 2.45) is 5.92 Å². The molecular weight excluding hydrogens is 304 g/mol. The number of carbonyl (C=O) groups is 3. The minimum atomic E-state index is -3.83. The van der Waals surface area contributed by atoms with Gasteiger partial charge in [0.05, 0.1) is 4.90 Å². The zero-order chi connectivity index (χ0) is 15.9. The van der Waals surface area contributed by atoms with Crippen LogP contribution in [0.5, 0.6) is 0 Å². The van der Waals surface area contributed by atoms with Gasteiger partial charge < -0.3 is 0 Å². The van der Waals surface area contributed by atoms with Gasteiger partial charge in [-0.1, -0.05) is 18.2 Å². The van der Waals surface area contributed by atoms with Crippen molar-refractivity contribution in [3.05, 3.63) is 29.8 Å². The summed E-state index contributed by atoms with van der Waals surface area (Å²) in [4.78, 5) is 36.5. The number of hydrogen-bond donors (Lipinski definition) is 0. The Labute approximate surface area is 128 Å². The quantitative estimate of drug-likeness (QED) is 0.766. The smallest absolute Gasteiger partial charge is 0.188 e. The predicted octanol–water partition coefficient (Wildman–Crippen LogP) is 1.28. The van der Waals surface area contributed by atoms with E-state index >= 15 is 0 Å². The maximum absolute atomic E-state index is 12.7. The van der Waals surface area contributed by atoms with Gasteiger partial charge in [0.15, 0.2) is 27.2 Å². The number of benzene rings is 1. The second kappa shape index (κ2) is 5.43. The van der Waals surface area contributed by atoms with Crippen molar-refractivity contribution in [2.75, 3.05) is 0 Å². The van der Waals surface area contributed by atoms with Crippen LogP contribution in [0.25, 0.3) is 0 Å². The van der Waals surface area contributed by atoms with Gasteiger partial charge in [-0.25, -0.2) is 8.42 Å². The zero-order valence-electron chi connectivity index (χ0n) is 11.9. The summed E-state index contributed by atoms with van der Waals surface area (Å²) in [6, 6.07) is 6.57. The van der Waals surface area contributed by atoms with Crippen LogP contribution in [0.15, 0.2) is 29.2 Å². The zero-order valence-corrected chi connectivity index (χ0v) is 12.8. The van der Waals surface area contributed by atoms with E-state index < -0.39 is 38.4 Å². The first-order valence-electron chi connectivity index (χ1n) is 7.34. The maximum Gasteiger partial charge on any atom is 0.188 e. The molecule has 1 aliphatic carbocycles. The number of carbonyl (C=O) groups excluding carboxylic acids is 3. The SMILES string of the molecule is O=C1CCCC(=O)C1C(=O)C1CCc2ccccc2S1(=O)=O. The van der Waals surface area contributed by atoms with E-state index in [0.29, 0.717) is 18.4 Å². The summed E-state index contributed by atoms with van der Waals surface area (Å²) in [5.74, 6) is -2.98. The van der Waals surface area contributed by atoms with Crippen LogP contribution in [-0.2, 0) is 30.6 Å². The first-order valence-corrected chi connectivity index (χ1v) is 8.88. The van der Waals surface area contributed by atoms with Crippen LogP contribution >= 0.6 is 0 Å². The van der Waals surface area contributed by atoms with Crippen LogP contribution in [0.1, 0.15) is 31.2 Å². The molecule has 1 aromatic carbocycles. The average molecular weight is 320 g/mol. The molecule has 0 radical (unpaired) electrons. The van der Waals surface area contributed by atoms with Crippen LogP contribution in [0.4, 0.5) is 0 Å². The van der Waals surface area contributed by atoms with Crippen molar-refractivity contribution in [3.63, 3.8) is 0 Å². The summed E-state index contributed by atoms with van der Waals surface area (Å²) in [7, 11) is -3.83. The van der Waals surface area contributed by atoms with E-state index in [1.165, 1.54) is 6.07 Å². The molecule has 0 saturated heterocycles. The number of aryl methyl sites for hydroxylation is 1. The molecule has 0 aromatic heterocycles. The van der Waals surface area contributed by atoms with Crippen molar-refractivity contribution in [1.29, 1.82) is 0 Å².